The second kappa shape index (κ2) is 5.21. The van der Waals surface area contributed by atoms with Gasteiger partial charge in [0.2, 0.25) is 0 Å². The van der Waals surface area contributed by atoms with Gasteiger partial charge in [0.1, 0.15) is 5.15 Å². The first-order valence-electron chi connectivity index (χ1n) is 4.73. The Bertz CT molecular complexity index is 678. The molecule has 0 fully saturated rings. The average molecular weight is 349 g/mol. The molecule has 0 amide bonds. The van der Waals surface area contributed by atoms with E-state index in [1.54, 1.807) is 12.1 Å². The van der Waals surface area contributed by atoms with Gasteiger partial charge in [0.15, 0.2) is 5.82 Å². The summed E-state index contributed by atoms with van der Waals surface area (Å²) < 4.78 is 27.0. The molecule has 0 aliphatic rings. The van der Waals surface area contributed by atoms with Crippen molar-refractivity contribution in [2.45, 2.75) is 4.90 Å². The van der Waals surface area contributed by atoms with Gasteiger partial charge < -0.3 is 0 Å². The van der Waals surface area contributed by atoms with E-state index in [0.717, 1.165) is 0 Å². The maximum atomic E-state index is 12.0. The van der Waals surface area contributed by atoms with Crippen molar-refractivity contribution in [3.8, 4) is 0 Å². The van der Waals surface area contributed by atoms with Gasteiger partial charge in [-0.2, -0.15) is 0 Å². The summed E-state index contributed by atoms with van der Waals surface area (Å²) in [5.74, 6) is 0.0717. The molecule has 2 aromatic rings. The normalized spacial score (nSPS) is 11.2. The van der Waals surface area contributed by atoms with Gasteiger partial charge in [-0.1, -0.05) is 33.6 Å². The van der Waals surface area contributed by atoms with Crippen LogP contribution in [-0.2, 0) is 10.0 Å². The molecule has 0 saturated heterocycles. The zero-order chi connectivity index (χ0) is 13.2. The zero-order valence-corrected chi connectivity index (χ0v) is 12.0. The number of hydrogen-bond acceptors (Lipinski definition) is 4. The number of nitrogens with zero attached hydrogens (tertiary/aromatic N) is 2. The molecular formula is C10H7BrClN3O2S. The number of aromatic nitrogens is 2. The number of rotatable bonds is 3. The number of sulfonamides is 1. The lowest BCUT2D eigenvalue weighted by molar-refractivity contribution is 0.601. The van der Waals surface area contributed by atoms with Crippen molar-refractivity contribution >= 4 is 43.4 Å². The zero-order valence-electron chi connectivity index (χ0n) is 8.84. The Morgan fingerprint density at radius 2 is 2.06 bits per heavy atom. The molecule has 0 bridgehead atoms. The molecule has 0 radical (unpaired) electrons. The van der Waals surface area contributed by atoms with Crippen molar-refractivity contribution in [2.75, 3.05) is 4.72 Å². The molecule has 0 aliphatic heterocycles. The molecule has 94 valence electrons. The monoisotopic (exact) mass is 347 g/mol. The predicted molar refractivity (Wildman–Crippen MR) is 72.0 cm³/mol. The van der Waals surface area contributed by atoms with Crippen LogP contribution in [0.15, 0.2) is 46.0 Å². The third-order valence-corrected chi connectivity index (χ3v) is 3.98. The molecule has 18 heavy (non-hydrogen) atoms. The van der Waals surface area contributed by atoms with Crippen molar-refractivity contribution in [1.82, 2.24) is 9.97 Å². The van der Waals surface area contributed by atoms with Crippen molar-refractivity contribution in [3.63, 3.8) is 0 Å². The molecule has 0 aliphatic carbocycles. The van der Waals surface area contributed by atoms with Gasteiger partial charge in [-0.3, -0.25) is 9.71 Å². The molecule has 1 aromatic heterocycles. The van der Waals surface area contributed by atoms with E-state index >= 15 is 0 Å². The fourth-order valence-electron chi connectivity index (χ4n) is 1.22. The van der Waals surface area contributed by atoms with E-state index in [9.17, 15) is 8.42 Å². The first kappa shape index (κ1) is 13.3. The van der Waals surface area contributed by atoms with Crippen LogP contribution in [0.4, 0.5) is 5.82 Å². The van der Waals surface area contributed by atoms with Crippen LogP contribution in [-0.4, -0.2) is 18.4 Å². The van der Waals surface area contributed by atoms with Gasteiger partial charge in [-0.05, 0) is 18.2 Å². The van der Waals surface area contributed by atoms with Crippen LogP contribution >= 0.6 is 27.5 Å². The van der Waals surface area contributed by atoms with Crippen LogP contribution < -0.4 is 4.72 Å². The summed E-state index contributed by atoms with van der Waals surface area (Å²) in [6.07, 6.45) is 2.60. The minimum atomic E-state index is -3.69. The van der Waals surface area contributed by atoms with E-state index in [2.05, 4.69) is 30.6 Å². The van der Waals surface area contributed by atoms with Crippen LogP contribution in [0.2, 0.25) is 5.15 Å². The van der Waals surface area contributed by atoms with Crippen LogP contribution in [0.1, 0.15) is 0 Å². The standard InChI is InChI=1S/C10H7BrClN3O2S/c11-7-2-1-3-8(4-7)18(16,17)15-10-6-13-5-9(12)14-10/h1-6H,(H,14,15). The second-order valence-corrected chi connectivity index (χ2v) is 6.28. The van der Waals surface area contributed by atoms with Gasteiger partial charge in [-0.25, -0.2) is 13.4 Å². The number of halogens is 2. The Labute approximate surface area is 117 Å². The van der Waals surface area contributed by atoms with Gasteiger partial charge in [-0.15, -0.1) is 0 Å². The first-order chi connectivity index (χ1) is 8.47. The summed E-state index contributed by atoms with van der Waals surface area (Å²) in [5, 5.41) is 0.115. The Hall–Kier alpha value is -1.18. The van der Waals surface area contributed by atoms with Crippen LogP contribution in [0, 0.1) is 0 Å². The molecule has 8 heteroatoms. The van der Waals surface area contributed by atoms with Gasteiger partial charge >= 0.3 is 0 Å². The Kier molecular flexibility index (Phi) is 3.84. The summed E-state index contributed by atoms with van der Waals surface area (Å²) in [4.78, 5) is 7.68. The summed E-state index contributed by atoms with van der Waals surface area (Å²) in [6, 6.07) is 6.33. The van der Waals surface area contributed by atoms with E-state index in [1.807, 2.05) is 0 Å². The number of nitrogens with one attached hydrogen (secondary N) is 1. The summed E-state index contributed by atoms with van der Waals surface area (Å²) in [5.41, 5.74) is 0. The van der Waals surface area contributed by atoms with Crippen molar-refractivity contribution in [2.24, 2.45) is 0 Å². The highest BCUT2D eigenvalue weighted by molar-refractivity contribution is 9.10. The Morgan fingerprint density at radius 3 is 2.72 bits per heavy atom. The van der Waals surface area contributed by atoms with Gasteiger partial charge in [0.05, 0.1) is 17.3 Å². The minimum Gasteiger partial charge on any atom is -0.262 e. The fourth-order valence-corrected chi connectivity index (χ4v) is 2.95. The summed E-state index contributed by atoms with van der Waals surface area (Å²) >= 11 is 8.84. The highest BCUT2D eigenvalue weighted by Crippen LogP contribution is 2.18. The quantitative estimate of drug-likeness (QED) is 0.925. The molecule has 2 rings (SSSR count). The van der Waals surface area contributed by atoms with E-state index in [4.69, 9.17) is 11.6 Å². The van der Waals surface area contributed by atoms with Crippen molar-refractivity contribution in [3.05, 3.63) is 46.3 Å². The molecule has 0 unspecified atom stereocenters. The smallest absolute Gasteiger partial charge is 0.262 e. The van der Waals surface area contributed by atoms with Crippen molar-refractivity contribution < 1.29 is 8.42 Å². The molecule has 0 saturated carbocycles. The third-order valence-electron chi connectivity index (χ3n) is 1.95. The third kappa shape index (κ3) is 3.18. The van der Waals surface area contributed by atoms with Gasteiger partial charge in [0.25, 0.3) is 10.0 Å². The lowest BCUT2D eigenvalue weighted by atomic mass is 10.4. The average Bonchev–Trinajstić information content (AvgIpc) is 2.28. The summed E-state index contributed by atoms with van der Waals surface area (Å²) in [6.45, 7) is 0. The maximum absolute atomic E-state index is 12.0. The second-order valence-electron chi connectivity index (χ2n) is 3.29. The SMILES string of the molecule is O=S(=O)(Nc1cncc(Cl)n1)c1cccc(Br)c1. The highest BCUT2D eigenvalue weighted by Gasteiger charge is 2.15. The molecule has 5 nitrogen and oxygen atoms in total. The predicted octanol–water partition coefficient (Wildman–Crippen LogP) is 2.69. The lowest BCUT2D eigenvalue weighted by Gasteiger charge is -2.07. The molecular weight excluding hydrogens is 342 g/mol. The molecule has 1 aromatic carbocycles. The number of anilines is 1. The molecule has 1 heterocycles. The Morgan fingerprint density at radius 1 is 1.28 bits per heavy atom. The van der Waals surface area contributed by atoms with Gasteiger partial charge in [0, 0.05) is 4.47 Å². The number of benzene rings is 1. The van der Waals surface area contributed by atoms with Crippen LogP contribution in [0.5, 0.6) is 0 Å². The Balaban J connectivity index is 2.33. The van der Waals surface area contributed by atoms with E-state index < -0.39 is 10.0 Å². The van der Waals surface area contributed by atoms with E-state index in [0.29, 0.717) is 4.47 Å². The van der Waals surface area contributed by atoms with Crippen molar-refractivity contribution in [1.29, 1.82) is 0 Å². The van der Waals surface area contributed by atoms with E-state index in [1.165, 1.54) is 24.5 Å². The molecule has 0 spiro atoms. The first-order valence-corrected chi connectivity index (χ1v) is 7.39. The topological polar surface area (TPSA) is 72.0 Å². The minimum absolute atomic E-state index is 0.0717. The molecule has 1 N–H and O–H groups in total. The lowest BCUT2D eigenvalue weighted by Crippen LogP contribution is -2.14. The number of hydrogen-bond donors (Lipinski definition) is 1. The maximum Gasteiger partial charge on any atom is 0.263 e. The summed E-state index contributed by atoms with van der Waals surface area (Å²) in [7, 11) is -3.69. The largest absolute Gasteiger partial charge is 0.263 e. The highest BCUT2D eigenvalue weighted by atomic mass is 79.9. The fraction of sp³-hybridized carbons (Fsp3) is 0. The van der Waals surface area contributed by atoms with Crippen LogP contribution in [0.25, 0.3) is 0 Å². The van der Waals surface area contributed by atoms with E-state index in [-0.39, 0.29) is 15.9 Å². The van der Waals surface area contributed by atoms with Crippen LogP contribution in [0.3, 0.4) is 0 Å². The molecule has 0 atom stereocenters.